The molecule has 0 saturated carbocycles. The molecule has 1 fully saturated rings. The van der Waals surface area contributed by atoms with Gasteiger partial charge in [-0.3, -0.25) is 0 Å². The second-order valence-electron chi connectivity index (χ2n) is 5.87. The van der Waals surface area contributed by atoms with Gasteiger partial charge in [0.05, 0.1) is 0 Å². The molecule has 106 valence electrons. The fourth-order valence-corrected chi connectivity index (χ4v) is 2.65. The largest absolute Gasteiger partial charge is 0.444 e. The summed E-state index contributed by atoms with van der Waals surface area (Å²) in [5, 5.41) is 5.56. The quantitative estimate of drug-likeness (QED) is 0.922. The Balaban J connectivity index is 1.60. The van der Waals surface area contributed by atoms with Crippen LogP contribution in [0.25, 0.3) is 0 Å². The average molecular weight is 282 g/mol. The van der Waals surface area contributed by atoms with Crippen LogP contribution in [0, 0.1) is 0 Å². The van der Waals surface area contributed by atoms with Crippen molar-refractivity contribution in [2.45, 2.75) is 38.8 Å². The molecule has 1 aliphatic rings. The van der Waals surface area contributed by atoms with Crippen LogP contribution in [0.2, 0.25) is 0 Å². The third-order valence-corrected chi connectivity index (χ3v) is 3.85. The summed E-state index contributed by atoms with van der Waals surface area (Å²) < 4.78 is 5.31. The lowest BCUT2D eigenvalue weighted by molar-refractivity contribution is 0.00543. The van der Waals surface area contributed by atoms with E-state index in [4.69, 9.17) is 4.74 Å². The van der Waals surface area contributed by atoms with E-state index in [1.807, 2.05) is 20.8 Å². The summed E-state index contributed by atoms with van der Waals surface area (Å²) in [7, 11) is 0. The molecule has 4 nitrogen and oxygen atoms in total. The van der Waals surface area contributed by atoms with E-state index >= 15 is 0 Å². The number of carbonyl (C=O) groups excluding carboxylic acids is 1. The minimum absolute atomic E-state index is 0.205. The van der Waals surface area contributed by atoms with Gasteiger partial charge in [-0.1, -0.05) is 6.07 Å². The molecule has 2 heterocycles. The van der Waals surface area contributed by atoms with Crippen molar-refractivity contribution in [3.05, 3.63) is 22.4 Å². The maximum Gasteiger partial charge on any atom is 0.410 e. The van der Waals surface area contributed by atoms with Gasteiger partial charge in [0.15, 0.2) is 0 Å². The Labute approximate surface area is 118 Å². The highest BCUT2D eigenvalue weighted by atomic mass is 32.1. The van der Waals surface area contributed by atoms with Crippen LogP contribution in [0.3, 0.4) is 0 Å². The number of ether oxygens (including phenoxy) is 1. The second kappa shape index (κ2) is 5.92. The highest BCUT2D eigenvalue weighted by molar-refractivity contribution is 7.09. The molecule has 0 bridgehead atoms. The van der Waals surface area contributed by atoms with E-state index in [-0.39, 0.29) is 6.09 Å². The molecule has 0 spiro atoms. The second-order valence-corrected chi connectivity index (χ2v) is 6.90. The summed E-state index contributed by atoms with van der Waals surface area (Å²) in [6.45, 7) is 8.14. The number of likely N-dealkylation sites (tertiary alicyclic amines) is 1. The van der Waals surface area contributed by atoms with Crippen molar-refractivity contribution < 1.29 is 9.53 Å². The van der Waals surface area contributed by atoms with Crippen LogP contribution in [0.1, 0.15) is 25.6 Å². The molecular weight excluding hydrogens is 260 g/mol. The van der Waals surface area contributed by atoms with E-state index in [1.54, 1.807) is 16.2 Å². The van der Waals surface area contributed by atoms with Gasteiger partial charge < -0.3 is 15.0 Å². The summed E-state index contributed by atoms with van der Waals surface area (Å²) >= 11 is 1.79. The van der Waals surface area contributed by atoms with E-state index in [0.29, 0.717) is 6.04 Å². The van der Waals surface area contributed by atoms with Gasteiger partial charge in [0.2, 0.25) is 0 Å². The standard InChI is InChI=1S/C14H22N2O2S/c1-14(2,3)18-13(17)16-9-11(10-16)15-7-6-12-5-4-8-19-12/h4-5,8,11,15H,6-7,9-10H2,1-3H3. The van der Waals surface area contributed by atoms with Crippen molar-refractivity contribution in [2.24, 2.45) is 0 Å². The maximum absolute atomic E-state index is 11.7. The lowest BCUT2D eigenvalue weighted by Crippen LogP contribution is -2.60. The third kappa shape index (κ3) is 4.51. The first-order chi connectivity index (χ1) is 8.94. The molecule has 1 N–H and O–H groups in total. The monoisotopic (exact) mass is 282 g/mol. The van der Waals surface area contributed by atoms with Crippen molar-refractivity contribution in [1.29, 1.82) is 0 Å². The molecule has 2 rings (SSSR count). The molecule has 1 aromatic heterocycles. The van der Waals surface area contributed by atoms with Gasteiger partial charge in [-0.15, -0.1) is 11.3 Å². The lowest BCUT2D eigenvalue weighted by atomic mass is 10.1. The van der Waals surface area contributed by atoms with Crippen LogP contribution in [-0.2, 0) is 11.2 Å². The molecule has 5 heteroatoms. The number of rotatable bonds is 4. The van der Waals surface area contributed by atoms with E-state index in [9.17, 15) is 4.79 Å². The number of nitrogens with one attached hydrogen (secondary N) is 1. The highest BCUT2D eigenvalue weighted by Crippen LogP contribution is 2.15. The average Bonchev–Trinajstić information content (AvgIpc) is 2.71. The SMILES string of the molecule is CC(C)(C)OC(=O)N1CC(NCCc2cccs2)C1. The molecule has 1 saturated heterocycles. The first-order valence-corrected chi connectivity index (χ1v) is 7.56. The predicted molar refractivity (Wildman–Crippen MR) is 77.6 cm³/mol. The fourth-order valence-electron chi connectivity index (χ4n) is 1.94. The molecule has 0 aromatic carbocycles. The number of nitrogens with zero attached hydrogens (tertiary/aromatic N) is 1. The summed E-state index contributed by atoms with van der Waals surface area (Å²) in [5.74, 6) is 0. The van der Waals surface area contributed by atoms with Crippen LogP contribution in [0.15, 0.2) is 17.5 Å². The first-order valence-electron chi connectivity index (χ1n) is 6.68. The van der Waals surface area contributed by atoms with E-state index < -0.39 is 5.60 Å². The number of thiophene rings is 1. The van der Waals surface area contributed by atoms with Crippen LogP contribution in [0.4, 0.5) is 4.79 Å². The van der Waals surface area contributed by atoms with Gasteiger partial charge in [-0.2, -0.15) is 0 Å². The van der Waals surface area contributed by atoms with Crippen molar-refractivity contribution in [1.82, 2.24) is 10.2 Å². The van der Waals surface area contributed by atoms with Crippen molar-refractivity contribution in [2.75, 3.05) is 19.6 Å². The van der Waals surface area contributed by atoms with Gasteiger partial charge in [0.25, 0.3) is 0 Å². The van der Waals surface area contributed by atoms with Crippen molar-refractivity contribution >= 4 is 17.4 Å². The molecule has 1 aliphatic heterocycles. The van der Waals surface area contributed by atoms with Gasteiger partial charge in [-0.25, -0.2) is 4.79 Å². The highest BCUT2D eigenvalue weighted by Gasteiger charge is 2.33. The molecule has 1 amide bonds. The third-order valence-electron chi connectivity index (χ3n) is 2.92. The fraction of sp³-hybridized carbons (Fsp3) is 0.643. The predicted octanol–water partition coefficient (Wildman–Crippen LogP) is 2.50. The molecule has 0 atom stereocenters. The zero-order valence-corrected chi connectivity index (χ0v) is 12.6. The Bertz CT molecular complexity index is 406. The number of hydrogen-bond donors (Lipinski definition) is 1. The van der Waals surface area contributed by atoms with Crippen LogP contribution in [-0.4, -0.2) is 42.3 Å². The van der Waals surface area contributed by atoms with Gasteiger partial charge in [0, 0.05) is 30.6 Å². The van der Waals surface area contributed by atoms with Crippen molar-refractivity contribution in [3.63, 3.8) is 0 Å². The van der Waals surface area contributed by atoms with Gasteiger partial charge in [0.1, 0.15) is 5.60 Å². The molecule has 1 aromatic rings. The first kappa shape index (κ1) is 14.3. The molecule has 0 aliphatic carbocycles. The summed E-state index contributed by atoms with van der Waals surface area (Å²) in [6.07, 6.45) is 0.851. The Kier molecular flexibility index (Phi) is 4.47. The summed E-state index contributed by atoms with van der Waals surface area (Å²) in [6, 6.07) is 4.64. The molecule has 0 radical (unpaired) electrons. The van der Waals surface area contributed by atoms with Crippen LogP contribution >= 0.6 is 11.3 Å². The Morgan fingerprint density at radius 3 is 2.84 bits per heavy atom. The van der Waals surface area contributed by atoms with E-state index in [0.717, 1.165) is 26.1 Å². The van der Waals surface area contributed by atoms with Crippen molar-refractivity contribution in [3.8, 4) is 0 Å². The molecule has 0 unspecified atom stereocenters. The van der Waals surface area contributed by atoms with Crippen LogP contribution < -0.4 is 5.32 Å². The lowest BCUT2D eigenvalue weighted by Gasteiger charge is -2.40. The summed E-state index contributed by atoms with van der Waals surface area (Å²) in [4.78, 5) is 14.9. The number of carbonyl (C=O) groups is 1. The molecule has 19 heavy (non-hydrogen) atoms. The number of hydrogen-bond acceptors (Lipinski definition) is 4. The Morgan fingerprint density at radius 1 is 1.53 bits per heavy atom. The van der Waals surface area contributed by atoms with Gasteiger partial charge >= 0.3 is 6.09 Å². The van der Waals surface area contributed by atoms with E-state index in [2.05, 4.69) is 22.8 Å². The molecular formula is C14H22N2O2S. The zero-order chi connectivity index (χ0) is 13.9. The maximum atomic E-state index is 11.7. The van der Waals surface area contributed by atoms with Crippen LogP contribution in [0.5, 0.6) is 0 Å². The normalized spacial score (nSPS) is 16.3. The Hall–Kier alpha value is -1.07. The zero-order valence-electron chi connectivity index (χ0n) is 11.8. The topological polar surface area (TPSA) is 41.6 Å². The minimum Gasteiger partial charge on any atom is -0.444 e. The smallest absolute Gasteiger partial charge is 0.410 e. The number of amides is 1. The Morgan fingerprint density at radius 2 is 2.26 bits per heavy atom. The minimum atomic E-state index is -0.408. The summed E-state index contributed by atoms with van der Waals surface area (Å²) in [5.41, 5.74) is -0.408. The van der Waals surface area contributed by atoms with E-state index in [1.165, 1.54) is 4.88 Å². The van der Waals surface area contributed by atoms with Gasteiger partial charge in [-0.05, 0) is 38.6 Å².